The molecule has 112 valence electrons. The molecule has 0 radical (unpaired) electrons. The van der Waals surface area contributed by atoms with Gasteiger partial charge >= 0.3 is 0 Å². The third kappa shape index (κ3) is 4.37. The van der Waals surface area contributed by atoms with Crippen molar-refractivity contribution in [3.8, 4) is 5.75 Å². The normalized spacial score (nSPS) is 12.2. The molecule has 0 heterocycles. The average molecular weight is 326 g/mol. The molecule has 0 aliphatic heterocycles. The van der Waals surface area contributed by atoms with E-state index in [-0.39, 0.29) is 11.9 Å². The van der Waals surface area contributed by atoms with Gasteiger partial charge in [0.25, 0.3) is 0 Å². The van der Waals surface area contributed by atoms with Crippen molar-refractivity contribution >= 4 is 23.4 Å². The highest BCUT2D eigenvalue weighted by molar-refractivity contribution is 7.99. The summed E-state index contributed by atoms with van der Waals surface area (Å²) in [4.78, 5) is 1.03. The van der Waals surface area contributed by atoms with Crippen LogP contribution in [0.5, 0.6) is 5.75 Å². The van der Waals surface area contributed by atoms with E-state index in [0.717, 1.165) is 22.0 Å². The summed E-state index contributed by atoms with van der Waals surface area (Å²) < 4.78 is 18.3. The Hall–Kier alpha value is -1.23. The molecule has 2 aromatic rings. The van der Waals surface area contributed by atoms with Crippen LogP contribution in [-0.4, -0.2) is 19.9 Å². The molecule has 0 saturated heterocycles. The first-order valence-electron chi connectivity index (χ1n) is 6.53. The van der Waals surface area contributed by atoms with E-state index in [1.54, 1.807) is 31.0 Å². The third-order valence-corrected chi connectivity index (χ3v) is 4.49. The zero-order chi connectivity index (χ0) is 15.2. The summed E-state index contributed by atoms with van der Waals surface area (Å²) in [7, 11) is 3.54. The number of halogens is 2. The fraction of sp³-hybridized carbons (Fsp3) is 0.250. The molecule has 21 heavy (non-hydrogen) atoms. The maximum atomic E-state index is 12.9. The van der Waals surface area contributed by atoms with Crippen molar-refractivity contribution in [2.24, 2.45) is 0 Å². The van der Waals surface area contributed by atoms with Crippen LogP contribution in [0.15, 0.2) is 47.4 Å². The third-order valence-electron chi connectivity index (χ3n) is 3.15. The Kier molecular flexibility index (Phi) is 5.91. The Labute approximate surface area is 133 Å². The van der Waals surface area contributed by atoms with Crippen molar-refractivity contribution in [2.45, 2.75) is 10.9 Å². The molecule has 1 N–H and O–H groups in total. The van der Waals surface area contributed by atoms with E-state index in [9.17, 15) is 4.39 Å². The van der Waals surface area contributed by atoms with Gasteiger partial charge < -0.3 is 10.1 Å². The molecule has 2 aromatic carbocycles. The fourth-order valence-corrected chi connectivity index (χ4v) is 3.23. The van der Waals surface area contributed by atoms with Gasteiger partial charge in [-0.3, -0.25) is 0 Å². The summed E-state index contributed by atoms with van der Waals surface area (Å²) in [6.45, 7) is 0. The Morgan fingerprint density at radius 2 is 1.95 bits per heavy atom. The minimum Gasteiger partial charge on any atom is -0.496 e. The second kappa shape index (κ2) is 7.69. The van der Waals surface area contributed by atoms with Gasteiger partial charge in [0.15, 0.2) is 0 Å². The average Bonchev–Trinajstić information content (AvgIpc) is 2.50. The number of benzene rings is 2. The van der Waals surface area contributed by atoms with E-state index in [4.69, 9.17) is 16.3 Å². The minimum absolute atomic E-state index is 0.0914. The van der Waals surface area contributed by atoms with Crippen LogP contribution in [-0.2, 0) is 0 Å². The predicted octanol–water partition coefficient (Wildman–Crippen LogP) is 4.54. The predicted molar refractivity (Wildman–Crippen MR) is 86.9 cm³/mol. The van der Waals surface area contributed by atoms with Crippen molar-refractivity contribution in [2.75, 3.05) is 19.9 Å². The Balaban J connectivity index is 2.12. The van der Waals surface area contributed by atoms with Crippen LogP contribution < -0.4 is 10.1 Å². The molecule has 0 aliphatic carbocycles. The van der Waals surface area contributed by atoms with E-state index < -0.39 is 0 Å². The van der Waals surface area contributed by atoms with Gasteiger partial charge in [-0.15, -0.1) is 11.8 Å². The monoisotopic (exact) mass is 325 g/mol. The summed E-state index contributed by atoms with van der Waals surface area (Å²) in [5.41, 5.74) is 1.02. The zero-order valence-electron chi connectivity index (χ0n) is 11.9. The molecule has 1 atom stereocenters. The van der Waals surface area contributed by atoms with E-state index in [1.165, 1.54) is 12.1 Å². The lowest BCUT2D eigenvalue weighted by Gasteiger charge is -2.19. The van der Waals surface area contributed by atoms with Gasteiger partial charge in [-0.25, -0.2) is 4.39 Å². The van der Waals surface area contributed by atoms with Crippen LogP contribution in [0.2, 0.25) is 5.02 Å². The molecule has 0 aliphatic rings. The van der Waals surface area contributed by atoms with Crippen LogP contribution in [0.4, 0.5) is 4.39 Å². The number of hydrogen-bond acceptors (Lipinski definition) is 3. The Bertz CT molecular complexity index is 591. The van der Waals surface area contributed by atoms with Crippen molar-refractivity contribution in [1.82, 2.24) is 5.32 Å². The van der Waals surface area contributed by atoms with Crippen LogP contribution in [0.25, 0.3) is 0 Å². The maximum Gasteiger partial charge on any atom is 0.123 e. The van der Waals surface area contributed by atoms with Crippen molar-refractivity contribution in [3.05, 3.63) is 58.9 Å². The standard InChI is InChI=1S/C16H17ClFNOS/c1-19-15(10-21-13-6-4-12(18)5-7-13)14-9-11(17)3-8-16(14)20-2/h3-9,15,19H,10H2,1-2H3. The first-order valence-corrected chi connectivity index (χ1v) is 7.89. The van der Waals surface area contributed by atoms with Crippen LogP contribution >= 0.6 is 23.4 Å². The fourth-order valence-electron chi connectivity index (χ4n) is 2.02. The molecule has 0 aromatic heterocycles. The highest BCUT2D eigenvalue weighted by Gasteiger charge is 2.15. The lowest BCUT2D eigenvalue weighted by atomic mass is 10.1. The summed E-state index contributed by atoms with van der Waals surface area (Å²) in [5, 5.41) is 3.95. The summed E-state index contributed by atoms with van der Waals surface area (Å²) in [6, 6.07) is 12.2. The largest absolute Gasteiger partial charge is 0.496 e. The molecule has 0 bridgehead atoms. The molecule has 0 fully saturated rings. The van der Waals surface area contributed by atoms with E-state index in [1.807, 2.05) is 25.2 Å². The van der Waals surface area contributed by atoms with Crippen LogP contribution in [0.1, 0.15) is 11.6 Å². The smallest absolute Gasteiger partial charge is 0.123 e. The van der Waals surface area contributed by atoms with Gasteiger partial charge in [-0.2, -0.15) is 0 Å². The molecule has 1 unspecified atom stereocenters. The lowest BCUT2D eigenvalue weighted by molar-refractivity contribution is 0.404. The summed E-state index contributed by atoms with van der Waals surface area (Å²) >= 11 is 7.73. The molecule has 2 nitrogen and oxygen atoms in total. The van der Waals surface area contributed by atoms with Gasteiger partial charge in [0.1, 0.15) is 11.6 Å². The molecule has 5 heteroatoms. The highest BCUT2D eigenvalue weighted by atomic mass is 35.5. The molecule has 2 rings (SSSR count). The Morgan fingerprint density at radius 3 is 2.57 bits per heavy atom. The maximum absolute atomic E-state index is 12.9. The number of nitrogens with one attached hydrogen (secondary N) is 1. The van der Waals surface area contributed by atoms with Crippen molar-refractivity contribution in [1.29, 1.82) is 0 Å². The molecule has 0 saturated carbocycles. The molecule has 0 amide bonds. The number of methoxy groups -OCH3 is 1. The first-order chi connectivity index (χ1) is 10.1. The van der Waals surface area contributed by atoms with Gasteiger partial charge in [0.2, 0.25) is 0 Å². The van der Waals surface area contributed by atoms with Crippen LogP contribution in [0, 0.1) is 5.82 Å². The Morgan fingerprint density at radius 1 is 1.24 bits per heavy atom. The molecule has 0 spiro atoms. The van der Waals surface area contributed by atoms with E-state index >= 15 is 0 Å². The topological polar surface area (TPSA) is 21.3 Å². The van der Waals surface area contributed by atoms with Gasteiger partial charge in [0, 0.05) is 27.3 Å². The molecular formula is C16H17ClFNOS. The van der Waals surface area contributed by atoms with Crippen molar-refractivity contribution < 1.29 is 9.13 Å². The summed E-state index contributed by atoms with van der Waals surface area (Å²) in [5.74, 6) is 1.37. The second-order valence-corrected chi connectivity index (χ2v) is 6.02. The minimum atomic E-state index is -0.221. The van der Waals surface area contributed by atoms with E-state index in [0.29, 0.717) is 5.02 Å². The first kappa shape index (κ1) is 16.1. The summed E-state index contributed by atoms with van der Waals surface area (Å²) in [6.07, 6.45) is 0. The SMILES string of the molecule is CNC(CSc1ccc(F)cc1)c1cc(Cl)ccc1OC. The van der Waals surface area contributed by atoms with Crippen LogP contribution in [0.3, 0.4) is 0 Å². The number of ether oxygens (including phenoxy) is 1. The zero-order valence-corrected chi connectivity index (χ0v) is 13.5. The van der Waals surface area contributed by atoms with Gasteiger partial charge in [-0.05, 0) is 49.5 Å². The number of rotatable bonds is 6. The van der Waals surface area contributed by atoms with Gasteiger partial charge in [0.05, 0.1) is 7.11 Å². The second-order valence-electron chi connectivity index (χ2n) is 4.49. The van der Waals surface area contributed by atoms with Gasteiger partial charge in [-0.1, -0.05) is 11.6 Å². The van der Waals surface area contributed by atoms with E-state index in [2.05, 4.69) is 5.32 Å². The quantitative estimate of drug-likeness (QED) is 0.788. The molecular weight excluding hydrogens is 309 g/mol. The lowest BCUT2D eigenvalue weighted by Crippen LogP contribution is -2.19. The van der Waals surface area contributed by atoms with Crippen molar-refractivity contribution in [3.63, 3.8) is 0 Å². The highest BCUT2D eigenvalue weighted by Crippen LogP contribution is 2.32. The number of thioether (sulfide) groups is 1. The number of hydrogen-bond donors (Lipinski definition) is 1.